The molecule has 0 fully saturated rings. The van der Waals surface area contributed by atoms with E-state index in [1.807, 2.05) is 49.4 Å². The van der Waals surface area contributed by atoms with Gasteiger partial charge in [-0.1, -0.05) is 41.9 Å². The number of carboxylic acid groups (broad SMARTS) is 1. The molecule has 0 aliphatic heterocycles. The van der Waals surface area contributed by atoms with E-state index in [0.717, 1.165) is 22.4 Å². The summed E-state index contributed by atoms with van der Waals surface area (Å²) >= 11 is 5.97. The third kappa shape index (κ3) is 4.00. The van der Waals surface area contributed by atoms with Gasteiger partial charge in [0.25, 0.3) is 0 Å². The average molecular weight is 290 g/mol. The number of rotatable bonds is 5. The standard InChI is InChI=1S/C16H16ClNO2/c1-11-2-7-14(17)9-15(11)18-10-13-5-3-12(4-6-13)8-16(19)20/h2-7,9,18H,8,10H2,1H3,(H,19,20). The highest BCUT2D eigenvalue weighted by Crippen LogP contribution is 2.20. The molecule has 0 atom stereocenters. The molecule has 0 saturated carbocycles. The van der Waals surface area contributed by atoms with Crippen LogP contribution in [0.4, 0.5) is 5.69 Å². The zero-order chi connectivity index (χ0) is 14.5. The second-order valence-electron chi connectivity index (χ2n) is 4.70. The Balaban J connectivity index is 2.00. The van der Waals surface area contributed by atoms with E-state index in [0.29, 0.717) is 11.6 Å². The van der Waals surface area contributed by atoms with Gasteiger partial charge in [-0.2, -0.15) is 0 Å². The monoisotopic (exact) mass is 289 g/mol. The van der Waals surface area contributed by atoms with Crippen LogP contribution in [0.5, 0.6) is 0 Å². The van der Waals surface area contributed by atoms with Gasteiger partial charge in [-0.3, -0.25) is 4.79 Å². The van der Waals surface area contributed by atoms with Crippen LogP contribution in [0.15, 0.2) is 42.5 Å². The molecular formula is C16H16ClNO2. The molecule has 0 radical (unpaired) electrons. The largest absolute Gasteiger partial charge is 0.481 e. The normalized spacial score (nSPS) is 10.3. The van der Waals surface area contributed by atoms with E-state index in [4.69, 9.17) is 16.7 Å². The molecule has 2 rings (SSSR count). The predicted molar refractivity (Wildman–Crippen MR) is 81.3 cm³/mol. The Bertz CT molecular complexity index is 608. The van der Waals surface area contributed by atoms with Gasteiger partial charge in [0, 0.05) is 17.3 Å². The van der Waals surface area contributed by atoms with Crippen molar-refractivity contribution in [1.82, 2.24) is 0 Å². The molecule has 2 N–H and O–H groups in total. The van der Waals surface area contributed by atoms with Gasteiger partial charge >= 0.3 is 5.97 Å². The van der Waals surface area contributed by atoms with Gasteiger partial charge in [0.15, 0.2) is 0 Å². The molecule has 0 amide bonds. The van der Waals surface area contributed by atoms with Gasteiger partial charge < -0.3 is 10.4 Å². The third-order valence-corrected chi connectivity index (χ3v) is 3.30. The maximum Gasteiger partial charge on any atom is 0.307 e. The first-order valence-electron chi connectivity index (χ1n) is 6.34. The van der Waals surface area contributed by atoms with Crippen LogP contribution in [0.25, 0.3) is 0 Å². The first kappa shape index (κ1) is 14.4. The van der Waals surface area contributed by atoms with E-state index in [9.17, 15) is 4.79 Å². The molecule has 0 spiro atoms. The molecule has 0 saturated heterocycles. The van der Waals surface area contributed by atoms with Crippen molar-refractivity contribution in [1.29, 1.82) is 0 Å². The average Bonchev–Trinajstić information content (AvgIpc) is 2.41. The minimum atomic E-state index is -0.814. The highest BCUT2D eigenvalue weighted by Gasteiger charge is 2.02. The van der Waals surface area contributed by atoms with Crippen LogP contribution in [0, 0.1) is 6.92 Å². The van der Waals surface area contributed by atoms with Crippen LogP contribution in [0.2, 0.25) is 5.02 Å². The Morgan fingerprint density at radius 3 is 2.45 bits per heavy atom. The van der Waals surface area contributed by atoms with Gasteiger partial charge in [0.1, 0.15) is 0 Å². The van der Waals surface area contributed by atoms with Crippen molar-refractivity contribution in [2.75, 3.05) is 5.32 Å². The van der Waals surface area contributed by atoms with Crippen LogP contribution in [-0.2, 0) is 17.8 Å². The second-order valence-corrected chi connectivity index (χ2v) is 5.14. The molecule has 0 aromatic heterocycles. The Labute approximate surface area is 123 Å². The van der Waals surface area contributed by atoms with Crippen molar-refractivity contribution in [3.8, 4) is 0 Å². The summed E-state index contributed by atoms with van der Waals surface area (Å²) in [5, 5.41) is 12.8. The fourth-order valence-corrected chi connectivity index (χ4v) is 2.10. The van der Waals surface area contributed by atoms with Crippen LogP contribution in [0.3, 0.4) is 0 Å². The van der Waals surface area contributed by atoms with Crippen LogP contribution in [0.1, 0.15) is 16.7 Å². The zero-order valence-corrected chi connectivity index (χ0v) is 11.9. The van der Waals surface area contributed by atoms with Crippen molar-refractivity contribution < 1.29 is 9.90 Å². The van der Waals surface area contributed by atoms with Crippen LogP contribution >= 0.6 is 11.6 Å². The maximum atomic E-state index is 10.6. The quantitative estimate of drug-likeness (QED) is 0.878. The summed E-state index contributed by atoms with van der Waals surface area (Å²) in [6.07, 6.45) is 0.0567. The van der Waals surface area contributed by atoms with Crippen molar-refractivity contribution in [2.45, 2.75) is 19.9 Å². The number of anilines is 1. The molecule has 0 heterocycles. The Morgan fingerprint density at radius 1 is 1.15 bits per heavy atom. The lowest BCUT2D eigenvalue weighted by molar-refractivity contribution is -0.136. The molecule has 0 bridgehead atoms. The number of halogens is 1. The predicted octanol–water partition coefficient (Wildman–Crippen LogP) is 3.89. The number of aryl methyl sites for hydroxylation is 1. The number of hydrogen-bond donors (Lipinski definition) is 2. The first-order chi connectivity index (χ1) is 9.54. The zero-order valence-electron chi connectivity index (χ0n) is 11.2. The molecule has 3 nitrogen and oxygen atoms in total. The van der Waals surface area contributed by atoms with E-state index in [-0.39, 0.29) is 6.42 Å². The summed E-state index contributed by atoms with van der Waals surface area (Å²) < 4.78 is 0. The number of nitrogens with one attached hydrogen (secondary N) is 1. The molecular weight excluding hydrogens is 274 g/mol. The van der Waals surface area contributed by atoms with Gasteiger partial charge in [0.2, 0.25) is 0 Å². The van der Waals surface area contributed by atoms with Crippen molar-refractivity contribution >= 4 is 23.3 Å². The fraction of sp³-hybridized carbons (Fsp3) is 0.188. The van der Waals surface area contributed by atoms with Crippen molar-refractivity contribution in [3.05, 3.63) is 64.2 Å². The Hall–Kier alpha value is -2.00. The third-order valence-electron chi connectivity index (χ3n) is 3.06. The lowest BCUT2D eigenvalue weighted by Crippen LogP contribution is -2.02. The van der Waals surface area contributed by atoms with Crippen LogP contribution in [-0.4, -0.2) is 11.1 Å². The summed E-state index contributed by atoms with van der Waals surface area (Å²) in [5.41, 5.74) is 4.04. The van der Waals surface area contributed by atoms with E-state index >= 15 is 0 Å². The van der Waals surface area contributed by atoms with Crippen molar-refractivity contribution in [3.63, 3.8) is 0 Å². The van der Waals surface area contributed by atoms with Crippen molar-refractivity contribution in [2.24, 2.45) is 0 Å². The Morgan fingerprint density at radius 2 is 1.80 bits per heavy atom. The van der Waals surface area contributed by atoms with Gasteiger partial charge in [0.05, 0.1) is 6.42 Å². The SMILES string of the molecule is Cc1ccc(Cl)cc1NCc1ccc(CC(=O)O)cc1. The van der Waals surface area contributed by atoms with E-state index in [2.05, 4.69) is 5.32 Å². The Kier molecular flexibility index (Phi) is 4.64. The molecule has 104 valence electrons. The summed E-state index contributed by atoms with van der Waals surface area (Å²) in [5.74, 6) is -0.814. The molecule has 2 aromatic carbocycles. The minimum Gasteiger partial charge on any atom is -0.481 e. The number of benzene rings is 2. The summed E-state index contributed by atoms with van der Waals surface area (Å²) in [6.45, 7) is 2.70. The maximum absolute atomic E-state index is 10.6. The molecule has 20 heavy (non-hydrogen) atoms. The van der Waals surface area contributed by atoms with Crippen LogP contribution < -0.4 is 5.32 Å². The first-order valence-corrected chi connectivity index (χ1v) is 6.72. The number of aliphatic carboxylic acids is 1. The topological polar surface area (TPSA) is 49.3 Å². The molecule has 0 aliphatic rings. The summed E-state index contributed by atoms with van der Waals surface area (Å²) in [7, 11) is 0. The van der Waals surface area contributed by atoms with E-state index < -0.39 is 5.97 Å². The lowest BCUT2D eigenvalue weighted by atomic mass is 10.1. The second kappa shape index (κ2) is 6.44. The summed E-state index contributed by atoms with van der Waals surface area (Å²) in [6, 6.07) is 13.3. The number of carbonyl (C=O) groups is 1. The smallest absolute Gasteiger partial charge is 0.307 e. The molecule has 2 aromatic rings. The molecule has 0 unspecified atom stereocenters. The lowest BCUT2D eigenvalue weighted by Gasteiger charge is -2.10. The van der Waals surface area contributed by atoms with Gasteiger partial charge in [-0.15, -0.1) is 0 Å². The fourth-order valence-electron chi connectivity index (χ4n) is 1.93. The highest BCUT2D eigenvalue weighted by molar-refractivity contribution is 6.30. The minimum absolute atomic E-state index is 0.0567. The summed E-state index contributed by atoms with van der Waals surface area (Å²) in [4.78, 5) is 10.6. The molecule has 4 heteroatoms. The van der Waals surface area contributed by atoms with Gasteiger partial charge in [-0.25, -0.2) is 0 Å². The number of carboxylic acids is 1. The molecule has 0 aliphatic carbocycles. The number of hydrogen-bond acceptors (Lipinski definition) is 2. The van der Waals surface area contributed by atoms with E-state index in [1.165, 1.54) is 0 Å². The van der Waals surface area contributed by atoms with Gasteiger partial charge in [-0.05, 0) is 35.7 Å². The van der Waals surface area contributed by atoms with E-state index in [1.54, 1.807) is 0 Å². The highest BCUT2D eigenvalue weighted by atomic mass is 35.5.